The van der Waals surface area contributed by atoms with Gasteiger partial charge >= 0.3 is 0 Å². The number of ether oxygens (including phenoxy) is 2. The van der Waals surface area contributed by atoms with Crippen LogP contribution in [0.3, 0.4) is 0 Å². The minimum atomic E-state index is 0.381. The second-order valence-electron chi connectivity index (χ2n) is 6.82. The minimum absolute atomic E-state index is 0.381. The van der Waals surface area contributed by atoms with E-state index in [-0.39, 0.29) is 0 Å². The first kappa shape index (κ1) is 16.3. The van der Waals surface area contributed by atoms with Crippen molar-refractivity contribution < 1.29 is 9.47 Å². The van der Waals surface area contributed by atoms with E-state index in [4.69, 9.17) is 9.47 Å². The highest BCUT2D eigenvalue weighted by atomic mass is 16.5. The van der Waals surface area contributed by atoms with Crippen molar-refractivity contribution in [1.82, 2.24) is 9.97 Å². The van der Waals surface area contributed by atoms with Crippen LogP contribution in [-0.4, -0.2) is 29.2 Å². The number of rotatable bonds is 4. The number of anilines is 1. The Morgan fingerprint density at radius 3 is 3.00 bits per heavy atom. The fourth-order valence-corrected chi connectivity index (χ4v) is 3.62. The van der Waals surface area contributed by atoms with Gasteiger partial charge in [0.05, 0.1) is 11.8 Å². The molecular formula is C20H25N3O2. The molecule has 0 spiro atoms. The zero-order valence-corrected chi connectivity index (χ0v) is 14.8. The zero-order chi connectivity index (χ0) is 17.1. The van der Waals surface area contributed by atoms with Gasteiger partial charge in [0.15, 0.2) is 0 Å². The molecule has 2 aliphatic heterocycles. The normalized spacial score (nSPS) is 19.3. The van der Waals surface area contributed by atoms with E-state index in [1.165, 1.54) is 24.8 Å². The molecule has 1 fully saturated rings. The second-order valence-corrected chi connectivity index (χ2v) is 6.82. The first-order valence-corrected chi connectivity index (χ1v) is 9.22. The van der Waals surface area contributed by atoms with E-state index >= 15 is 0 Å². The van der Waals surface area contributed by atoms with Gasteiger partial charge in [-0.3, -0.25) is 0 Å². The van der Waals surface area contributed by atoms with Crippen molar-refractivity contribution in [2.45, 2.75) is 51.7 Å². The smallest absolute Gasteiger partial charge is 0.133 e. The van der Waals surface area contributed by atoms with Crippen molar-refractivity contribution in [3.63, 3.8) is 0 Å². The summed E-state index contributed by atoms with van der Waals surface area (Å²) in [5, 5.41) is 3.53. The molecule has 1 aromatic carbocycles. The summed E-state index contributed by atoms with van der Waals surface area (Å²) in [5.74, 6) is 2.67. The highest BCUT2D eigenvalue weighted by molar-refractivity contribution is 5.52. The number of aryl methyl sites for hydroxylation is 1. The van der Waals surface area contributed by atoms with Gasteiger partial charge in [-0.1, -0.05) is 18.2 Å². The number of aromatic nitrogens is 2. The highest BCUT2D eigenvalue weighted by Gasteiger charge is 2.20. The summed E-state index contributed by atoms with van der Waals surface area (Å²) in [6.45, 7) is 4.21. The lowest BCUT2D eigenvalue weighted by Gasteiger charge is -2.23. The molecule has 5 heteroatoms. The molecule has 2 aromatic rings. The van der Waals surface area contributed by atoms with Gasteiger partial charge in [0.25, 0.3) is 0 Å². The summed E-state index contributed by atoms with van der Waals surface area (Å²) in [4.78, 5) is 9.28. The van der Waals surface area contributed by atoms with E-state index in [9.17, 15) is 0 Å². The van der Waals surface area contributed by atoms with Gasteiger partial charge in [0.2, 0.25) is 0 Å². The SMILES string of the molecule is Cc1nc2c(c(NCCC3CCCCO3)n1)Cc1ccccc1OC2. The van der Waals surface area contributed by atoms with E-state index in [2.05, 4.69) is 27.4 Å². The molecule has 0 bridgehead atoms. The van der Waals surface area contributed by atoms with E-state index in [0.29, 0.717) is 12.7 Å². The number of fused-ring (bicyclic) bond motifs is 2. The summed E-state index contributed by atoms with van der Waals surface area (Å²) in [7, 11) is 0. The maximum Gasteiger partial charge on any atom is 0.133 e. The number of nitrogens with one attached hydrogen (secondary N) is 1. The Labute approximate surface area is 148 Å². The topological polar surface area (TPSA) is 56.3 Å². The summed E-state index contributed by atoms with van der Waals surface area (Å²) in [6, 6.07) is 8.20. The Hall–Kier alpha value is -2.14. The molecule has 1 aromatic heterocycles. The van der Waals surface area contributed by atoms with Crippen LogP contribution in [0.15, 0.2) is 24.3 Å². The third kappa shape index (κ3) is 3.76. The van der Waals surface area contributed by atoms with Crippen LogP contribution in [0.5, 0.6) is 5.75 Å². The second kappa shape index (κ2) is 7.40. The van der Waals surface area contributed by atoms with Crippen molar-refractivity contribution in [2.75, 3.05) is 18.5 Å². The maximum atomic E-state index is 5.95. The lowest BCUT2D eigenvalue weighted by atomic mass is 10.0. The zero-order valence-electron chi connectivity index (χ0n) is 14.8. The molecule has 5 nitrogen and oxygen atoms in total. The predicted molar refractivity (Wildman–Crippen MR) is 97.0 cm³/mol. The Morgan fingerprint density at radius 1 is 1.20 bits per heavy atom. The highest BCUT2D eigenvalue weighted by Crippen LogP contribution is 2.30. The van der Waals surface area contributed by atoms with Gasteiger partial charge in [-0.25, -0.2) is 9.97 Å². The van der Waals surface area contributed by atoms with Crippen molar-refractivity contribution in [3.05, 3.63) is 46.9 Å². The first-order chi connectivity index (χ1) is 12.3. The van der Waals surface area contributed by atoms with Gasteiger partial charge < -0.3 is 14.8 Å². The van der Waals surface area contributed by atoms with Crippen LogP contribution in [0.25, 0.3) is 0 Å². The van der Waals surface area contributed by atoms with Crippen molar-refractivity contribution in [3.8, 4) is 5.75 Å². The van der Waals surface area contributed by atoms with Crippen molar-refractivity contribution >= 4 is 5.82 Å². The Morgan fingerprint density at radius 2 is 2.12 bits per heavy atom. The molecule has 3 heterocycles. The predicted octanol–water partition coefficient (Wildman–Crippen LogP) is 3.64. The Kier molecular flexibility index (Phi) is 4.83. The van der Waals surface area contributed by atoms with Crippen molar-refractivity contribution in [1.29, 1.82) is 0 Å². The largest absolute Gasteiger partial charge is 0.487 e. The summed E-state index contributed by atoms with van der Waals surface area (Å²) < 4.78 is 11.8. The quantitative estimate of drug-likeness (QED) is 0.922. The van der Waals surface area contributed by atoms with Crippen LogP contribution < -0.4 is 10.1 Å². The third-order valence-electron chi connectivity index (χ3n) is 4.94. The summed E-state index contributed by atoms with van der Waals surface area (Å²) in [6.07, 6.45) is 5.85. The monoisotopic (exact) mass is 339 g/mol. The molecule has 132 valence electrons. The molecule has 1 saturated heterocycles. The summed E-state index contributed by atoms with van der Waals surface area (Å²) in [5.41, 5.74) is 3.33. The van der Waals surface area contributed by atoms with Crippen LogP contribution in [0.2, 0.25) is 0 Å². The molecule has 1 atom stereocenters. The van der Waals surface area contributed by atoms with Gasteiger partial charge in [0.1, 0.15) is 24.0 Å². The van der Waals surface area contributed by atoms with Gasteiger partial charge in [-0.15, -0.1) is 0 Å². The molecule has 0 radical (unpaired) electrons. The molecule has 0 amide bonds. The van der Waals surface area contributed by atoms with Crippen LogP contribution >= 0.6 is 0 Å². The molecular weight excluding hydrogens is 314 g/mol. The van der Waals surface area contributed by atoms with Crippen LogP contribution in [0.1, 0.15) is 48.3 Å². The number of hydrogen-bond acceptors (Lipinski definition) is 5. The number of benzene rings is 1. The average Bonchev–Trinajstić information content (AvgIpc) is 2.82. The van der Waals surface area contributed by atoms with E-state index in [1.54, 1.807) is 0 Å². The maximum absolute atomic E-state index is 5.95. The standard InChI is InChI=1S/C20H25N3O2/c1-14-22-18-13-25-19-8-3-2-6-15(19)12-17(18)20(23-14)21-10-9-16-7-4-5-11-24-16/h2-3,6,8,16H,4-5,7,9-13H2,1H3,(H,21,22,23). The van der Waals surface area contributed by atoms with E-state index in [1.807, 2.05) is 19.1 Å². The van der Waals surface area contributed by atoms with Crippen LogP contribution in [0.4, 0.5) is 5.82 Å². The van der Waals surface area contributed by atoms with Crippen molar-refractivity contribution in [2.24, 2.45) is 0 Å². The molecule has 4 rings (SSSR count). The molecule has 2 aliphatic rings. The third-order valence-corrected chi connectivity index (χ3v) is 4.94. The number of para-hydroxylation sites is 1. The average molecular weight is 339 g/mol. The molecule has 1 unspecified atom stereocenters. The van der Waals surface area contributed by atoms with E-state index in [0.717, 1.165) is 54.6 Å². The van der Waals surface area contributed by atoms with Gasteiger partial charge in [-0.05, 0) is 44.2 Å². The van der Waals surface area contributed by atoms with Gasteiger partial charge in [-0.2, -0.15) is 0 Å². The minimum Gasteiger partial charge on any atom is -0.487 e. The Bertz CT molecular complexity index is 742. The number of hydrogen-bond donors (Lipinski definition) is 1. The number of nitrogens with zero attached hydrogens (tertiary/aromatic N) is 2. The summed E-state index contributed by atoms with van der Waals surface area (Å²) >= 11 is 0. The lowest BCUT2D eigenvalue weighted by Crippen LogP contribution is -2.22. The van der Waals surface area contributed by atoms with Gasteiger partial charge in [0, 0.05) is 25.1 Å². The molecule has 0 saturated carbocycles. The molecule has 0 aliphatic carbocycles. The first-order valence-electron chi connectivity index (χ1n) is 9.22. The van der Waals surface area contributed by atoms with Crippen LogP contribution in [0, 0.1) is 6.92 Å². The molecule has 25 heavy (non-hydrogen) atoms. The fraction of sp³-hybridized carbons (Fsp3) is 0.500. The van der Waals surface area contributed by atoms with Crippen LogP contribution in [-0.2, 0) is 17.8 Å². The lowest BCUT2D eigenvalue weighted by molar-refractivity contribution is 0.0134. The Balaban J connectivity index is 1.51. The molecule has 1 N–H and O–H groups in total. The van der Waals surface area contributed by atoms with E-state index < -0.39 is 0 Å². The fourth-order valence-electron chi connectivity index (χ4n) is 3.62.